The molecule has 0 saturated carbocycles. The zero-order valence-electron chi connectivity index (χ0n) is 14.8. The first-order valence-corrected chi connectivity index (χ1v) is 10.1. The summed E-state index contributed by atoms with van der Waals surface area (Å²) in [6, 6.07) is 3.92. The molecular formula is C18H24N4O3S. The van der Waals surface area contributed by atoms with Crippen LogP contribution in [0, 0.1) is 5.92 Å². The van der Waals surface area contributed by atoms with Crippen LogP contribution in [0.2, 0.25) is 0 Å². The second kappa shape index (κ2) is 8.28. The Hall–Kier alpha value is -1.77. The number of likely N-dealkylation sites (tertiary alicyclic amines) is 1. The first-order chi connectivity index (χ1) is 12.8. The van der Waals surface area contributed by atoms with Gasteiger partial charge < -0.3 is 14.2 Å². The molecule has 4 rings (SSSR count). The number of carbonyl (C=O) groups is 1. The van der Waals surface area contributed by atoms with Crippen LogP contribution in [0.1, 0.15) is 18.7 Å². The maximum atomic E-state index is 12.5. The third kappa shape index (κ3) is 4.31. The highest BCUT2D eigenvalue weighted by Gasteiger charge is 2.28. The van der Waals surface area contributed by atoms with Crippen LogP contribution in [0.15, 0.2) is 22.0 Å². The van der Waals surface area contributed by atoms with Gasteiger partial charge >= 0.3 is 0 Å². The summed E-state index contributed by atoms with van der Waals surface area (Å²) in [5.41, 5.74) is 0. The predicted octanol–water partition coefficient (Wildman–Crippen LogP) is 1.91. The molecule has 26 heavy (non-hydrogen) atoms. The number of nitrogens with zero attached hydrogens (tertiary/aromatic N) is 4. The number of ether oxygens (including phenoxy) is 1. The third-order valence-corrected chi connectivity index (χ3v) is 5.89. The summed E-state index contributed by atoms with van der Waals surface area (Å²) in [6.07, 6.45) is 2.02. The van der Waals surface area contributed by atoms with E-state index >= 15 is 0 Å². The quantitative estimate of drug-likeness (QED) is 0.767. The highest BCUT2D eigenvalue weighted by molar-refractivity contribution is 7.13. The van der Waals surface area contributed by atoms with Crippen LogP contribution >= 0.6 is 11.3 Å². The Morgan fingerprint density at radius 2 is 2.19 bits per heavy atom. The fraction of sp³-hybridized carbons (Fsp3) is 0.611. The van der Waals surface area contributed by atoms with Crippen LogP contribution in [-0.2, 0) is 16.0 Å². The normalized spacial score (nSPS) is 21.4. The smallest absolute Gasteiger partial charge is 0.227 e. The number of amides is 1. The maximum absolute atomic E-state index is 12.5. The van der Waals surface area contributed by atoms with Crippen molar-refractivity contribution in [3.8, 4) is 10.7 Å². The summed E-state index contributed by atoms with van der Waals surface area (Å²) in [7, 11) is 0. The summed E-state index contributed by atoms with van der Waals surface area (Å²) in [5.74, 6) is 1.90. The predicted molar refractivity (Wildman–Crippen MR) is 97.9 cm³/mol. The van der Waals surface area contributed by atoms with Crippen LogP contribution in [-0.4, -0.2) is 71.8 Å². The Balaban J connectivity index is 1.22. The van der Waals surface area contributed by atoms with E-state index in [1.807, 2.05) is 22.4 Å². The molecule has 8 heteroatoms. The highest BCUT2D eigenvalue weighted by atomic mass is 32.1. The summed E-state index contributed by atoms with van der Waals surface area (Å²) in [5, 5.41) is 5.98. The highest BCUT2D eigenvalue weighted by Crippen LogP contribution is 2.22. The van der Waals surface area contributed by atoms with E-state index in [9.17, 15) is 4.79 Å². The van der Waals surface area contributed by atoms with Gasteiger partial charge in [-0.25, -0.2) is 0 Å². The minimum Gasteiger partial charge on any atom is -0.379 e. The van der Waals surface area contributed by atoms with Gasteiger partial charge in [0.05, 0.1) is 18.1 Å². The minimum absolute atomic E-state index is 0.186. The van der Waals surface area contributed by atoms with Crippen LogP contribution in [0.4, 0.5) is 0 Å². The molecule has 4 heterocycles. The Morgan fingerprint density at radius 3 is 3.00 bits per heavy atom. The summed E-state index contributed by atoms with van der Waals surface area (Å²) < 4.78 is 10.7. The second-order valence-corrected chi connectivity index (χ2v) is 7.84. The van der Waals surface area contributed by atoms with Crippen LogP contribution < -0.4 is 0 Å². The number of carbonyl (C=O) groups excluding carboxylic acids is 1. The molecule has 0 spiro atoms. The average molecular weight is 376 g/mol. The van der Waals surface area contributed by atoms with Gasteiger partial charge in [0.2, 0.25) is 17.6 Å². The van der Waals surface area contributed by atoms with Crippen molar-refractivity contribution in [2.75, 3.05) is 45.9 Å². The maximum Gasteiger partial charge on any atom is 0.227 e. The molecule has 0 bridgehead atoms. The van der Waals surface area contributed by atoms with E-state index in [-0.39, 0.29) is 5.91 Å². The van der Waals surface area contributed by atoms with E-state index in [0.29, 0.717) is 30.5 Å². The van der Waals surface area contributed by atoms with Crippen molar-refractivity contribution in [1.82, 2.24) is 19.9 Å². The molecule has 1 unspecified atom stereocenters. The fourth-order valence-corrected chi connectivity index (χ4v) is 4.24. The standard InChI is InChI=1S/C18H24N4O3S/c23-17(4-3-16-19-18(20-25-16)15-2-1-11-26-15)22-6-5-14(13-22)12-21-7-9-24-10-8-21/h1-2,11,14H,3-10,12-13H2. The molecular weight excluding hydrogens is 352 g/mol. The van der Waals surface area contributed by atoms with E-state index in [2.05, 4.69) is 15.0 Å². The van der Waals surface area contributed by atoms with Gasteiger partial charge in [0.15, 0.2) is 0 Å². The number of aryl methyl sites for hydroxylation is 1. The lowest BCUT2D eigenvalue weighted by atomic mass is 10.1. The first kappa shape index (κ1) is 17.6. The average Bonchev–Trinajstić information content (AvgIpc) is 3.41. The number of hydrogen-bond donors (Lipinski definition) is 0. The van der Waals surface area contributed by atoms with Gasteiger partial charge in [0, 0.05) is 45.6 Å². The Bertz CT molecular complexity index is 712. The molecule has 0 N–H and O–H groups in total. The summed E-state index contributed by atoms with van der Waals surface area (Å²) in [4.78, 5) is 22.3. The van der Waals surface area contributed by atoms with Gasteiger partial charge in [-0.15, -0.1) is 11.3 Å². The van der Waals surface area contributed by atoms with Crippen molar-refractivity contribution in [3.63, 3.8) is 0 Å². The molecule has 2 aliphatic rings. The number of aromatic nitrogens is 2. The van der Waals surface area contributed by atoms with Gasteiger partial charge in [-0.05, 0) is 23.8 Å². The topological polar surface area (TPSA) is 71.7 Å². The number of rotatable bonds is 6. The molecule has 0 aliphatic carbocycles. The van der Waals surface area contributed by atoms with Gasteiger partial charge in [-0.3, -0.25) is 9.69 Å². The Morgan fingerprint density at radius 1 is 1.31 bits per heavy atom. The zero-order valence-corrected chi connectivity index (χ0v) is 15.6. The van der Waals surface area contributed by atoms with Gasteiger partial charge in [-0.2, -0.15) is 4.98 Å². The summed E-state index contributed by atoms with van der Waals surface area (Å²) >= 11 is 1.58. The SMILES string of the molecule is O=C(CCc1nc(-c2cccs2)no1)N1CCC(CN2CCOCC2)C1. The lowest BCUT2D eigenvalue weighted by Crippen LogP contribution is -2.40. The molecule has 1 amide bonds. The molecule has 1 atom stereocenters. The molecule has 140 valence electrons. The molecule has 0 aromatic carbocycles. The molecule has 2 aromatic heterocycles. The molecule has 0 radical (unpaired) electrons. The molecule has 2 aliphatic heterocycles. The number of hydrogen-bond acceptors (Lipinski definition) is 7. The number of thiophene rings is 1. The number of morpholine rings is 1. The lowest BCUT2D eigenvalue weighted by molar-refractivity contribution is -0.130. The fourth-order valence-electron chi connectivity index (χ4n) is 3.59. The van der Waals surface area contributed by atoms with Crippen LogP contribution in [0.5, 0.6) is 0 Å². The van der Waals surface area contributed by atoms with Crippen molar-refractivity contribution in [2.24, 2.45) is 5.92 Å². The lowest BCUT2D eigenvalue weighted by Gasteiger charge is -2.29. The first-order valence-electron chi connectivity index (χ1n) is 9.22. The van der Waals surface area contributed by atoms with E-state index in [0.717, 1.165) is 57.2 Å². The zero-order chi connectivity index (χ0) is 17.8. The Labute approximate surface area is 156 Å². The van der Waals surface area contributed by atoms with Gasteiger partial charge in [0.1, 0.15) is 0 Å². The summed E-state index contributed by atoms with van der Waals surface area (Å²) in [6.45, 7) is 6.46. The van der Waals surface area contributed by atoms with Crippen molar-refractivity contribution in [3.05, 3.63) is 23.4 Å². The molecule has 7 nitrogen and oxygen atoms in total. The van der Waals surface area contributed by atoms with Crippen molar-refractivity contribution >= 4 is 17.2 Å². The van der Waals surface area contributed by atoms with E-state index < -0.39 is 0 Å². The molecule has 2 saturated heterocycles. The van der Waals surface area contributed by atoms with Crippen molar-refractivity contribution in [1.29, 1.82) is 0 Å². The second-order valence-electron chi connectivity index (χ2n) is 6.90. The van der Waals surface area contributed by atoms with Gasteiger partial charge in [-0.1, -0.05) is 11.2 Å². The Kier molecular flexibility index (Phi) is 5.62. The van der Waals surface area contributed by atoms with E-state index in [4.69, 9.17) is 9.26 Å². The van der Waals surface area contributed by atoms with Crippen LogP contribution in [0.3, 0.4) is 0 Å². The molecule has 2 aromatic rings. The van der Waals surface area contributed by atoms with Gasteiger partial charge in [0.25, 0.3) is 0 Å². The van der Waals surface area contributed by atoms with E-state index in [1.54, 1.807) is 11.3 Å². The van der Waals surface area contributed by atoms with Crippen LogP contribution in [0.25, 0.3) is 10.7 Å². The molecule has 2 fully saturated rings. The van der Waals surface area contributed by atoms with E-state index in [1.165, 1.54) is 0 Å². The monoisotopic (exact) mass is 376 g/mol. The minimum atomic E-state index is 0.186. The largest absolute Gasteiger partial charge is 0.379 e. The van der Waals surface area contributed by atoms with Crippen molar-refractivity contribution < 1.29 is 14.1 Å². The third-order valence-electron chi connectivity index (χ3n) is 5.02. The van der Waals surface area contributed by atoms with Crippen molar-refractivity contribution in [2.45, 2.75) is 19.3 Å².